The lowest BCUT2D eigenvalue weighted by Gasteiger charge is -2.52. The maximum absolute atomic E-state index is 4.57. The lowest BCUT2D eigenvalue weighted by Crippen LogP contribution is -2.47. The molecule has 31 heavy (non-hydrogen) atoms. The van der Waals surface area contributed by atoms with Crippen molar-refractivity contribution in [2.24, 2.45) is 18.4 Å². The lowest BCUT2D eigenvalue weighted by molar-refractivity contribution is -0.0154. The van der Waals surface area contributed by atoms with E-state index in [2.05, 4.69) is 50.3 Å². The molecular formula is C25H32N6. The minimum Gasteiger partial charge on any atom is -0.297 e. The van der Waals surface area contributed by atoms with Gasteiger partial charge in [0.05, 0.1) is 22.8 Å². The van der Waals surface area contributed by atoms with E-state index in [1.807, 2.05) is 37.1 Å². The Balaban J connectivity index is 1.11. The van der Waals surface area contributed by atoms with Crippen LogP contribution in [0.15, 0.2) is 36.7 Å². The maximum Gasteiger partial charge on any atom is 0.0964 e. The molecule has 0 amide bonds. The monoisotopic (exact) mass is 416 g/mol. The molecule has 1 spiro atoms. The molecule has 3 aromatic rings. The van der Waals surface area contributed by atoms with Crippen LogP contribution >= 0.6 is 0 Å². The van der Waals surface area contributed by atoms with Crippen LogP contribution in [0.3, 0.4) is 0 Å². The van der Waals surface area contributed by atoms with E-state index in [1.165, 1.54) is 50.0 Å². The molecule has 3 aromatic heterocycles. The first-order valence-corrected chi connectivity index (χ1v) is 11.5. The Morgan fingerprint density at radius 2 is 1.87 bits per heavy atom. The Morgan fingerprint density at radius 3 is 2.52 bits per heavy atom. The summed E-state index contributed by atoms with van der Waals surface area (Å²) >= 11 is 0. The van der Waals surface area contributed by atoms with Crippen LogP contribution < -0.4 is 0 Å². The molecule has 0 N–H and O–H groups in total. The number of likely N-dealkylation sites (tertiary alicyclic amines) is 1. The molecule has 1 saturated heterocycles. The van der Waals surface area contributed by atoms with Crippen LogP contribution in [0.5, 0.6) is 0 Å². The molecule has 0 bridgehead atoms. The molecule has 0 unspecified atom stereocenters. The summed E-state index contributed by atoms with van der Waals surface area (Å²) in [6.07, 6.45) is 10.3. The van der Waals surface area contributed by atoms with Crippen LogP contribution in [0.2, 0.25) is 0 Å². The second kappa shape index (κ2) is 8.15. The summed E-state index contributed by atoms with van der Waals surface area (Å²) in [5, 5.41) is 13.4. The highest BCUT2D eigenvalue weighted by atomic mass is 15.3. The van der Waals surface area contributed by atoms with Gasteiger partial charge in [-0.1, -0.05) is 6.07 Å². The van der Waals surface area contributed by atoms with Crippen molar-refractivity contribution in [1.82, 2.24) is 29.9 Å². The van der Waals surface area contributed by atoms with Crippen molar-refractivity contribution in [3.63, 3.8) is 0 Å². The second-order valence-electron chi connectivity index (χ2n) is 9.73. The molecule has 1 aliphatic heterocycles. The molecule has 5 rings (SSSR count). The SMILES string of the molecule is Cc1cccnc1CN1CCC2(CC1)CC(Cc1ccc(-c3cn(C)nc3C)nn1)C2. The smallest absolute Gasteiger partial charge is 0.0964 e. The predicted octanol–water partition coefficient (Wildman–Crippen LogP) is 4.12. The van der Waals surface area contributed by atoms with Crippen LogP contribution in [0.4, 0.5) is 0 Å². The van der Waals surface area contributed by atoms with E-state index < -0.39 is 0 Å². The molecule has 162 valence electrons. The Hall–Kier alpha value is -2.60. The van der Waals surface area contributed by atoms with Crippen molar-refractivity contribution >= 4 is 0 Å². The topological polar surface area (TPSA) is 59.7 Å². The van der Waals surface area contributed by atoms with E-state index in [1.54, 1.807) is 0 Å². The van der Waals surface area contributed by atoms with Gasteiger partial charge in [-0.3, -0.25) is 14.6 Å². The number of hydrogen-bond donors (Lipinski definition) is 0. The Morgan fingerprint density at radius 1 is 1.06 bits per heavy atom. The van der Waals surface area contributed by atoms with Crippen LogP contribution in [0.1, 0.15) is 48.3 Å². The van der Waals surface area contributed by atoms with E-state index >= 15 is 0 Å². The van der Waals surface area contributed by atoms with Crippen LogP contribution in [-0.4, -0.2) is 43.0 Å². The van der Waals surface area contributed by atoms with E-state index in [-0.39, 0.29) is 0 Å². The van der Waals surface area contributed by atoms with Gasteiger partial charge in [0.25, 0.3) is 0 Å². The van der Waals surface area contributed by atoms with Gasteiger partial charge in [-0.15, -0.1) is 0 Å². The highest BCUT2D eigenvalue weighted by Crippen LogP contribution is 2.53. The third-order valence-electron chi connectivity index (χ3n) is 7.36. The fraction of sp³-hybridized carbons (Fsp3) is 0.520. The number of nitrogens with zero attached hydrogens (tertiary/aromatic N) is 6. The Kier molecular flexibility index (Phi) is 5.34. The van der Waals surface area contributed by atoms with Crippen molar-refractivity contribution in [3.05, 3.63) is 59.3 Å². The number of aryl methyl sites for hydroxylation is 3. The number of piperidine rings is 1. The van der Waals surface area contributed by atoms with Gasteiger partial charge < -0.3 is 0 Å². The van der Waals surface area contributed by atoms with Crippen LogP contribution in [0.25, 0.3) is 11.3 Å². The van der Waals surface area contributed by atoms with Crippen LogP contribution in [-0.2, 0) is 20.0 Å². The zero-order chi connectivity index (χ0) is 21.4. The molecule has 1 aliphatic carbocycles. The molecule has 6 nitrogen and oxygen atoms in total. The van der Waals surface area contributed by atoms with Crippen molar-refractivity contribution in [1.29, 1.82) is 0 Å². The van der Waals surface area contributed by atoms with Gasteiger partial charge in [-0.2, -0.15) is 15.3 Å². The average Bonchev–Trinajstić information content (AvgIpc) is 3.08. The van der Waals surface area contributed by atoms with E-state index in [9.17, 15) is 0 Å². The number of rotatable bonds is 5. The number of hydrogen-bond acceptors (Lipinski definition) is 5. The molecule has 0 atom stereocenters. The summed E-state index contributed by atoms with van der Waals surface area (Å²) in [4.78, 5) is 7.16. The summed E-state index contributed by atoms with van der Waals surface area (Å²) in [6, 6.07) is 8.43. The summed E-state index contributed by atoms with van der Waals surface area (Å²) in [5.74, 6) is 0.755. The van der Waals surface area contributed by atoms with Gasteiger partial charge in [-0.25, -0.2) is 0 Å². The molecule has 1 saturated carbocycles. The zero-order valence-electron chi connectivity index (χ0n) is 18.9. The third-order valence-corrected chi connectivity index (χ3v) is 7.36. The van der Waals surface area contributed by atoms with Crippen LogP contribution in [0, 0.1) is 25.2 Å². The van der Waals surface area contributed by atoms with Crippen molar-refractivity contribution in [2.75, 3.05) is 13.1 Å². The Labute approximate surface area is 184 Å². The summed E-state index contributed by atoms with van der Waals surface area (Å²) in [5.41, 5.74) is 7.20. The Bertz CT molecular complexity index is 1040. The molecule has 0 aromatic carbocycles. The second-order valence-corrected chi connectivity index (χ2v) is 9.73. The summed E-state index contributed by atoms with van der Waals surface area (Å²) in [6.45, 7) is 7.56. The van der Waals surface area contributed by atoms with Gasteiger partial charge in [0, 0.05) is 31.5 Å². The first kappa shape index (κ1) is 20.3. The lowest BCUT2D eigenvalue weighted by atomic mass is 9.56. The van der Waals surface area contributed by atoms with Gasteiger partial charge in [-0.05, 0) is 94.1 Å². The first-order valence-electron chi connectivity index (χ1n) is 11.5. The summed E-state index contributed by atoms with van der Waals surface area (Å²) in [7, 11) is 1.94. The predicted molar refractivity (Wildman–Crippen MR) is 121 cm³/mol. The first-order chi connectivity index (χ1) is 15.0. The largest absolute Gasteiger partial charge is 0.297 e. The van der Waals surface area contributed by atoms with Crippen molar-refractivity contribution < 1.29 is 0 Å². The van der Waals surface area contributed by atoms with Gasteiger partial charge in [0.15, 0.2) is 0 Å². The fourth-order valence-electron chi connectivity index (χ4n) is 5.56. The third kappa shape index (κ3) is 4.26. The van der Waals surface area contributed by atoms with Crippen molar-refractivity contribution in [2.45, 2.75) is 52.5 Å². The molecule has 0 radical (unpaired) electrons. The van der Waals surface area contributed by atoms with Gasteiger partial charge in [0.1, 0.15) is 0 Å². The van der Waals surface area contributed by atoms with E-state index in [4.69, 9.17) is 0 Å². The summed E-state index contributed by atoms with van der Waals surface area (Å²) < 4.78 is 1.83. The fourth-order valence-corrected chi connectivity index (χ4v) is 5.56. The highest BCUT2D eigenvalue weighted by molar-refractivity contribution is 5.60. The minimum atomic E-state index is 0.570. The molecule has 2 aliphatic rings. The van der Waals surface area contributed by atoms with Crippen molar-refractivity contribution in [3.8, 4) is 11.3 Å². The molecule has 4 heterocycles. The molecular weight excluding hydrogens is 384 g/mol. The molecule has 2 fully saturated rings. The van der Waals surface area contributed by atoms with Gasteiger partial charge in [0.2, 0.25) is 0 Å². The van der Waals surface area contributed by atoms with Gasteiger partial charge >= 0.3 is 0 Å². The minimum absolute atomic E-state index is 0.570. The number of pyridine rings is 1. The van der Waals surface area contributed by atoms with E-state index in [0.717, 1.165) is 41.5 Å². The molecule has 6 heteroatoms. The standard InChI is InChI=1S/C25H32N6/c1-18-5-4-10-26-24(18)17-31-11-8-25(9-12-31)14-20(15-25)13-21-6-7-23(28-27-21)22-16-30(3)29-19(22)2/h4-7,10,16,20H,8-9,11-15,17H2,1-3H3. The highest BCUT2D eigenvalue weighted by Gasteiger charge is 2.45. The quantitative estimate of drug-likeness (QED) is 0.626. The number of aromatic nitrogens is 5. The zero-order valence-corrected chi connectivity index (χ0v) is 18.9. The van der Waals surface area contributed by atoms with E-state index in [0.29, 0.717) is 5.41 Å². The normalized spacial score (nSPS) is 18.9. The maximum atomic E-state index is 4.57. The average molecular weight is 417 g/mol.